The number of hydrogen-bond donors (Lipinski definition) is 1. The van der Waals surface area contributed by atoms with Gasteiger partial charge < -0.3 is 5.32 Å². The highest BCUT2D eigenvalue weighted by atomic mass is 19.3. The van der Waals surface area contributed by atoms with Gasteiger partial charge in [0, 0.05) is 12.1 Å². The second kappa shape index (κ2) is 10.5. The van der Waals surface area contributed by atoms with E-state index in [1.54, 1.807) is 0 Å². The topological polar surface area (TPSA) is 15.3 Å². The molecule has 0 spiro atoms. The van der Waals surface area contributed by atoms with Crippen molar-refractivity contribution in [2.75, 3.05) is 20.6 Å². The van der Waals surface area contributed by atoms with E-state index >= 15 is 0 Å². The van der Waals surface area contributed by atoms with Gasteiger partial charge in [0.15, 0.2) is 0 Å². The van der Waals surface area contributed by atoms with Crippen LogP contribution >= 0.6 is 0 Å². The van der Waals surface area contributed by atoms with E-state index in [-0.39, 0.29) is 12.6 Å². The van der Waals surface area contributed by atoms with E-state index in [2.05, 4.69) is 5.32 Å². The van der Waals surface area contributed by atoms with Gasteiger partial charge in [0.2, 0.25) is 0 Å². The molecule has 1 aliphatic rings. The molecule has 4 heteroatoms. The van der Waals surface area contributed by atoms with Gasteiger partial charge in [0.25, 0.3) is 6.43 Å². The van der Waals surface area contributed by atoms with Gasteiger partial charge in [0.05, 0.1) is 6.54 Å². The van der Waals surface area contributed by atoms with Crippen LogP contribution in [0.25, 0.3) is 0 Å². The van der Waals surface area contributed by atoms with Crippen molar-refractivity contribution in [2.45, 2.75) is 82.7 Å². The zero-order valence-electron chi connectivity index (χ0n) is 13.2. The molecule has 0 aliphatic heterocycles. The Kier molecular flexibility index (Phi) is 9.36. The molecule has 0 heterocycles. The number of rotatable bonds is 4. The van der Waals surface area contributed by atoms with Crippen molar-refractivity contribution < 1.29 is 8.78 Å². The Morgan fingerprint density at radius 1 is 0.950 bits per heavy atom. The monoisotopic (exact) mass is 290 g/mol. The fourth-order valence-corrected chi connectivity index (χ4v) is 3.39. The third-order valence-corrected chi connectivity index (χ3v) is 4.59. The average molecular weight is 290 g/mol. The Morgan fingerprint density at radius 3 is 1.95 bits per heavy atom. The van der Waals surface area contributed by atoms with E-state index in [1.165, 1.54) is 44.9 Å². The zero-order chi connectivity index (χ0) is 14.8. The van der Waals surface area contributed by atoms with Crippen LogP contribution in [0, 0.1) is 0 Å². The summed E-state index contributed by atoms with van der Waals surface area (Å²) in [5.74, 6) is 0. The first kappa shape index (κ1) is 17.8. The molecule has 1 saturated carbocycles. The van der Waals surface area contributed by atoms with Crippen LogP contribution in [0.1, 0.15) is 64.2 Å². The number of nitrogens with zero attached hydrogens (tertiary/aromatic N) is 1. The van der Waals surface area contributed by atoms with Crippen molar-refractivity contribution in [1.82, 2.24) is 10.2 Å². The van der Waals surface area contributed by atoms with Gasteiger partial charge in [-0.05, 0) is 26.9 Å². The Bertz CT molecular complexity index is 237. The first-order valence-electron chi connectivity index (χ1n) is 8.30. The van der Waals surface area contributed by atoms with Crippen molar-refractivity contribution in [3.63, 3.8) is 0 Å². The molecule has 2 unspecified atom stereocenters. The van der Waals surface area contributed by atoms with E-state index in [0.29, 0.717) is 6.04 Å². The van der Waals surface area contributed by atoms with Crippen LogP contribution in [-0.4, -0.2) is 44.0 Å². The minimum atomic E-state index is -2.24. The molecule has 0 aromatic heterocycles. The SMILES string of the molecule is CNC1CCCCCCCCCCC1N(C)CC(F)F. The largest absolute Gasteiger partial charge is 0.315 e. The maximum Gasteiger partial charge on any atom is 0.251 e. The number of nitrogens with one attached hydrogen (secondary N) is 1. The van der Waals surface area contributed by atoms with Gasteiger partial charge in [-0.25, -0.2) is 8.78 Å². The Hall–Kier alpha value is -0.220. The van der Waals surface area contributed by atoms with E-state index in [4.69, 9.17) is 0 Å². The molecule has 0 amide bonds. The molecule has 2 atom stereocenters. The highest BCUT2D eigenvalue weighted by molar-refractivity contribution is 4.83. The fraction of sp³-hybridized carbons (Fsp3) is 1.00. The third kappa shape index (κ3) is 6.98. The van der Waals surface area contributed by atoms with Crippen molar-refractivity contribution >= 4 is 0 Å². The first-order valence-corrected chi connectivity index (χ1v) is 8.30. The molecule has 120 valence electrons. The van der Waals surface area contributed by atoms with Crippen molar-refractivity contribution in [3.05, 3.63) is 0 Å². The summed E-state index contributed by atoms with van der Waals surface area (Å²) in [6.07, 6.45) is 10.1. The van der Waals surface area contributed by atoms with E-state index in [0.717, 1.165) is 19.3 Å². The highest BCUT2D eigenvalue weighted by Gasteiger charge is 2.25. The number of likely N-dealkylation sites (N-methyl/N-ethyl adjacent to an activating group) is 2. The fourth-order valence-electron chi connectivity index (χ4n) is 3.39. The minimum Gasteiger partial charge on any atom is -0.315 e. The Morgan fingerprint density at radius 2 is 1.45 bits per heavy atom. The Balaban J connectivity index is 2.59. The van der Waals surface area contributed by atoms with E-state index in [9.17, 15) is 8.78 Å². The highest BCUT2D eigenvalue weighted by Crippen LogP contribution is 2.20. The smallest absolute Gasteiger partial charge is 0.251 e. The van der Waals surface area contributed by atoms with Gasteiger partial charge in [-0.15, -0.1) is 0 Å². The lowest BCUT2D eigenvalue weighted by Gasteiger charge is -2.35. The van der Waals surface area contributed by atoms with Crippen LogP contribution in [0.4, 0.5) is 8.78 Å². The number of halogens is 2. The van der Waals surface area contributed by atoms with Gasteiger partial charge in [-0.2, -0.15) is 0 Å². The molecule has 0 radical (unpaired) electrons. The first-order chi connectivity index (χ1) is 9.65. The summed E-state index contributed by atoms with van der Waals surface area (Å²) >= 11 is 0. The second-order valence-corrected chi connectivity index (χ2v) is 6.20. The molecular weight excluding hydrogens is 258 g/mol. The average Bonchev–Trinajstić information content (AvgIpc) is 2.38. The van der Waals surface area contributed by atoms with E-state index < -0.39 is 6.43 Å². The van der Waals surface area contributed by atoms with Crippen LogP contribution in [-0.2, 0) is 0 Å². The van der Waals surface area contributed by atoms with E-state index in [1.807, 2.05) is 19.0 Å². The van der Waals surface area contributed by atoms with Crippen molar-refractivity contribution in [2.24, 2.45) is 0 Å². The van der Waals surface area contributed by atoms with Gasteiger partial charge >= 0.3 is 0 Å². The zero-order valence-corrected chi connectivity index (χ0v) is 13.2. The molecule has 1 rings (SSSR count). The molecule has 1 aliphatic carbocycles. The lowest BCUT2D eigenvalue weighted by atomic mass is 9.93. The lowest BCUT2D eigenvalue weighted by molar-refractivity contribution is 0.0659. The third-order valence-electron chi connectivity index (χ3n) is 4.59. The molecule has 20 heavy (non-hydrogen) atoms. The van der Waals surface area contributed by atoms with Crippen LogP contribution in [0.15, 0.2) is 0 Å². The maximum absolute atomic E-state index is 12.7. The quantitative estimate of drug-likeness (QED) is 0.840. The van der Waals surface area contributed by atoms with Gasteiger partial charge in [-0.1, -0.05) is 51.4 Å². The summed E-state index contributed by atoms with van der Waals surface area (Å²) < 4.78 is 25.3. The predicted octanol–water partition coefficient (Wildman–Crippen LogP) is 4.05. The normalized spacial score (nSPS) is 27.3. The van der Waals surface area contributed by atoms with Crippen molar-refractivity contribution in [3.8, 4) is 0 Å². The van der Waals surface area contributed by atoms with Crippen LogP contribution in [0.3, 0.4) is 0 Å². The Labute approximate surface area is 123 Å². The van der Waals surface area contributed by atoms with Crippen LogP contribution < -0.4 is 5.32 Å². The molecule has 1 N–H and O–H groups in total. The summed E-state index contributed by atoms with van der Waals surface area (Å²) in [4.78, 5) is 1.87. The molecule has 0 bridgehead atoms. The maximum atomic E-state index is 12.7. The molecule has 0 aromatic rings. The number of alkyl halides is 2. The molecule has 2 nitrogen and oxygen atoms in total. The van der Waals surface area contributed by atoms with Crippen LogP contribution in [0.5, 0.6) is 0 Å². The molecule has 0 aromatic carbocycles. The van der Waals surface area contributed by atoms with Gasteiger partial charge in [0.1, 0.15) is 0 Å². The minimum absolute atomic E-state index is 0.108. The number of hydrogen-bond acceptors (Lipinski definition) is 2. The summed E-state index contributed by atoms with van der Waals surface area (Å²) in [5, 5.41) is 3.37. The lowest BCUT2D eigenvalue weighted by Crippen LogP contribution is -2.49. The summed E-state index contributed by atoms with van der Waals surface area (Å²) in [6.45, 7) is -0.108. The predicted molar refractivity (Wildman–Crippen MR) is 81.4 cm³/mol. The second-order valence-electron chi connectivity index (χ2n) is 6.20. The summed E-state index contributed by atoms with van der Waals surface area (Å²) in [6, 6.07) is 0.589. The van der Waals surface area contributed by atoms with Crippen molar-refractivity contribution in [1.29, 1.82) is 0 Å². The summed E-state index contributed by atoms with van der Waals surface area (Å²) in [7, 11) is 3.83. The summed E-state index contributed by atoms with van der Waals surface area (Å²) in [5.41, 5.74) is 0. The standard InChI is InChI=1S/C16H32F2N2/c1-19-14-11-9-7-5-3-4-6-8-10-12-15(14)20(2)13-16(17)18/h14-16,19H,3-13H2,1-2H3. The molecular formula is C16H32F2N2. The molecule has 0 saturated heterocycles. The van der Waals surface area contributed by atoms with Crippen LogP contribution in [0.2, 0.25) is 0 Å². The van der Waals surface area contributed by atoms with Gasteiger partial charge in [-0.3, -0.25) is 4.90 Å². The molecule has 1 fully saturated rings.